The SMILES string of the molecule is CC(=O)N[C@H]1[C@@H](OCCCN)O[C@H](CO)[C@H](O)[C@@H]1O[C@@H]1O[C@H](CO)[C@@H](O)[C@H](O[C@@H]2O[C@H](CO)[C@H](O)[C@H](O)[C@H]2O)[C@H]1NC(C)=O. The van der Waals surface area contributed by atoms with Crippen LogP contribution in [0.25, 0.3) is 0 Å². The van der Waals surface area contributed by atoms with E-state index in [1.54, 1.807) is 0 Å². The molecule has 3 aliphatic heterocycles. The van der Waals surface area contributed by atoms with Crippen LogP contribution in [0.4, 0.5) is 0 Å². The third-order valence-corrected chi connectivity index (χ3v) is 7.51. The highest BCUT2D eigenvalue weighted by Crippen LogP contribution is 2.33. The maximum absolute atomic E-state index is 12.3. The molecule has 256 valence electrons. The Morgan fingerprint density at radius 1 is 0.659 bits per heavy atom. The summed E-state index contributed by atoms with van der Waals surface area (Å²) in [6.07, 6.45) is -20.1. The Morgan fingerprint density at radius 3 is 1.57 bits per heavy atom. The smallest absolute Gasteiger partial charge is 0.217 e. The molecule has 0 bridgehead atoms. The lowest BCUT2D eigenvalue weighted by Crippen LogP contribution is -2.71. The van der Waals surface area contributed by atoms with E-state index in [2.05, 4.69) is 10.6 Å². The number of aliphatic hydroxyl groups is 8. The maximum Gasteiger partial charge on any atom is 0.217 e. The van der Waals surface area contributed by atoms with Gasteiger partial charge in [0.25, 0.3) is 0 Å². The van der Waals surface area contributed by atoms with Gasteiger partial charge in [-0.2, -0.15) is 0 Å². The van der Waals surface area contributed by atoms with Crippen molar-refractivity contribution < 1.29 is 78.9 Å². The molecule has 0 saturated carbocycles. The molecule has 0 aliphatic carbocycles. The van der Waals surface area contributed by atoms with Gasteiger partial charge in [0, 0.05) is 13.8 Å². The summed E-state index contributed by atoms with van der Waals surface area (Å²) in [4.78, 5) is 24.4. The van der Waals surface area contributed by atoms with Gasteiger partial charge in [-0.15, -0.1) is 0 Å². The predicted molar refractivity (Wildman–Crippen MR) is 142 cm³/mol. The fourth-order valence-corrected chi connectivity index (χ4v) is 5.27. The normalized spacial score (nSPS) is 42.9. The first-order valence-electron chi connectivity index (χ1n) is 14.2. The van der Waals surface area contributed by atoms with Gasteiger partial charge in [-0.1, -0.05) is 0 Å². The van der Waals surface area contributed by atoms with Crippen LogP contribution in [0.15, 0.2) is 0 Å². The van der Waals surface area contributed by atoms with Crippen LogP contribution in [0.3, 0.4) is 0 Å². The van der Waals surface area contributed by atoms with Crippen LogP contribution in [0.1, 0.15) is 20.3 Å². The fraction of sp³-hybridized carbons (Fsp3) is 0.920. The molecule has 0 spiro atoms. The second-order valence-corrected chi connectivity index (χ2v) is 10.8. The van der Waals surface area contributed by atoms with Gasteiger partial charge < -0.3 is 85.6 Å². The van der Waals surface area contributed by atoms with E-state index in [1.807, 2.05) is 0 Å². The second-order valence-electron chi connectivity index (χ2n) is 10.8. The van der Waals surface area contributed by atoms with E-state index < -0.39 is 124 Å². The van der Waals surface area contributed by atoms with Gasteiger partial charge in [0.05, 0.1) is 26.4 Å². The summed E-state index contributed by atoms with van der Waals surface area (Å²) in [6, 6.07) is -2.68. The van der Waals surface area contributed by atoms with Gasteiger partial charge in [0.15, 0.2) is 18.9 Å². The highest BCUT2D eigenvalue weighted by Gasteiger charge is 2.54. The molecule has 3 rings (SSSR count). The van der Waals surface area contributed by atoms with Crippen molar-refractivity contribution in [2.24, 2.45) is 5.73 Å². The van der Waals surface area contributed by atoms with Gasteiger partial charge in [-0.25, -0.2) is 0 Å². The highest BCUT2D eigenvalue weighted by molar-refractivity contribution is 5.73. The van der Waals surface area contributed by atoms with Crippen molar-refractivity contribution in [3.63, 3.8) is 0 Å². The van der Waals surface area contributed by atoms with Gasteiger partial charge in [-0.3, -0.25) is 9.59 Å². The van der Waals surface area contributed by atoms with Crippen LogP contribution in [-0.4, -0.2) is 178 Å². The molecule has 3 heterocycles. The minimum atomic E-state index is -1.88. The van der Waals surface area contributed by atoms with Gasteiger partial charge in [0.2, 0.25) is 11.8 Å². The number of amides is 2. The monoisotopic (exact) mass is 643 g/mol. The van der Waals surface area contributed by atoms with Crippen molar-refractivity contribution in [3.8, 4) is 0 Å². The number of carbonyl (C=O) groups excluding carboxylic acids is 2. The summed E-state index contributed by atoms with van der Waals surface area (Å²) in [6.45, 7) is 0.411. The third-order valence-electron chi connectivity index (χ3n) is 7.51. The minimum absolute atomic E-state index is 0.0838. The van der Waals surface area contributed by atoms with Crippen LogP contribution in [0, 0.1) is 0 Å². The van der Waals surface area contributed by atoms with Crippen LogP contribution >= 0.6 is 0 Å². The fourth-order valence-electron chi connectivity index (χ4n) is 5.27. The van der Waals surface area contributed by atoms with Crippen molar-refractivity contribution in [1.29, 1.82) is 0 Å². The van der Waals surface area contributed by atoms with E-state index in [0.29, 0.717) is 6.42 Å². The Hall–Kier alpha value is -1.66. The number of nitrogens with one attached hydrogen (secondary N) is 2. The van der Waals surface area contributed by atoms with Crippen molar-refractivity contribution in [2.75, 3.05) is 33.0 Å². The molecule has 0 unspecified atom stereocenters. The standard InChI is InChI=1S/C25H45N3O16/c1-9(32)27-14-21(17(35)12(7-30)40-23(14)39-5-3-4-26)43-24-15(28-10(2)33)22(18(36)13(8-31)41-24)44-25-20(38)19(37)16(34)11(6-29)42-25/h11-25,29-31,34-38H,3-8,26H2,1-2H3,(H,27,32)(H,28,33)/t11-,12-,13-,14-,15-,16+,17+,18-,19+,20-,21-,22-,23+,24+,25+/m1/s1. The minimum Gasteiger partial charge on any atom is -0.394 e. The number of ether oxygens (including phenoxy) is 6. The quantitative estimate of drug-likeness (QED) is 0.0831. The van der Waals surface area contributed by atoms with E-state index in [9.17, 15) is 50.4 Å². The summed E-state index contributed by atoms with van der Waals surface area (Å²) in [5.74, 6) is -1.24. The van der Waals surface area contributed by atoms with E-state index in [-0.39, 0.29) is 13.2 Å². The molecule has 12 N–H and O–H groups in total. The lowest BCUT2D eigenvalue weighted by molar-refractivity contribution is -0.358. The van der Waals surface area contributed by atoms with Crippen molar-refractivity contribution in [2.45, 2.75) is 112 Å². The molecule has 3 fully saturated rings. The number of aliphatic hydroxyl groups excluding tert-OH is 8. The molecular formula is C25H45N3O16. The highest BCUT2D eigenvalue weighted by atomic mass is 16.7. The van der Waals surface area contributed by atoms with E-state index in [4.69, 9.17) is 34.2 Å². The van der Waals surface area contributed by atoms with Crippen molar-refractivity contribution >= 4 is 11.8 Å². The lowest BCUT2D eigenvalue weighted by Gasteiger charge is -2.50. The first-order valence-corrected chi connectivity index (χ1v) is 14.2. The Morgan fingerprint density at radius 2 is 1.09 bits per heavy atom. The molecule has 44 heavy (non-hydrogen) atoms. The Labute approximate surface area is 252 Å². The molecule has 3 aliphatic rings. The van der Waals surface area contributed by atoms with Crippen LogP contribution < -0.4 is 16.4 Å². The van der Waals surface area contributed by atoms with Gasteiger partial charge in [-0.05, 0) is 13.0 Å². The molecule has 0 aromatic rings. The Bertz CT molecular complexity index is 919. The average molecular weight is 644 g/mol. The number of rotatable bonds is 13. The molecule has 3 saturated heterocycles. The van der Waals surface area contributed by atoms with E-state index in [1.165, 1.54) is 6.92 Å². The van der Waals surface area contributed by atoms with Crippen LogP contribution in [0.2, 0.25) is 0 Å². The zero-order chi connectivity index (χ0) is 32.7. The summed E-state index contributed by atoms with van der Waals surface area (Å²) < 4.78 is 34.5. The summed E-state index contributed by atoms with van der Waals surface area (Å²) in [7, 11) is 0. The molecule has 0 aromatic carbocycles. The van der Waals surface area contributed by atoms with E-state index in [0.717, 1.165) is 6.92 Å². The molecule has 15 atom stereocenters. The molecule has 2 amide bonds. The maximum atomic E-state index is 12.3. The topological polar surface area (TPSA) is 301 Å². The number of hydrogen-bond donors (Lipinski definition) is 11. The van der Waals surface area contributed by atoms with Crippen molar-refractivity contribution in [1.82, 2.24) is 10.6 Å². The first kappa shape index (κ1) is 36.8. The summed E-state index contributed by atoms with van der Waals surface area (Å²) in [5.41, 5.74) is 5.53. The molecule has 0 radical (unpaired) electrons. The Kier molecular flexibility index (Phi) is 14.0. The molecular weight excluding hydrogens is 598 g/mol. The van der Waals surface area contributed by atoms with Crippen LogP contribution in [0.5, 0.6) is 0 Å². The molecule has 19 heteroatoms. The number of hydrogen-bond acceptors (Lipinski definition) is 17. The van der Waals surface area contributed by atoms with Crippen molar-refractivity contribution in [3.05, 3.63) is 0 Å². The van der Waals surface area contributed by atoms with Gasteiger partial charge in [0.1, 0.15) is 73.1 Å². The Balaban J connectivity index is 1.97. The predicted octanol–water partition coefficient (Wildman–Crippen LogP) is -6.91. The largest absolute Gasteiger partial charge is 0.394 e. The summed E-state index contributed by atoms with van der Waals surface area (Å²) in [5, 5.41) is 87.5. The zero-order valence-electron chi connectivity index (χ0n) is 24.3. The summed E-state index contributed by atoms with van der Waals surface area (Å²) >= 11 is 0. The molecule has 19 nitrogen and oxygen atoms in total. The number of carbonyl (C=O) groups is 2. The lowest BCUT2D eigenvalue weighted by atomic mass is 9.93. The average Bonchev–Trinajstić information content (AvgIpc) is 2.98. The van der Waals surface area contributed by atoms with Gasteiger partial charge >= 0.3 is 0 Å². The number of nitrogens with two attached hydrogens (primary N) is 1. The third kappa shape index (κ3) is 8.57. The second kappa shape index (κ2) is 16.8. The van der Waals surface area contributed by atoms with Crippen LogP contribution in [-0.2, 0) is 38.0 Å². The molecule has 0 aromatic heterocycles. The first-order chi connectivity index (χ1) is 20.9. The zero-order valence-corrected chi connectivity index (χ0v) is 24.3. The van der Waals surface area contributed by atoms with E-state index >= 15 is 0 Å².